The molecule has 0 bridgehead atoms. The molecule has 0 spiro atoms. The van der Waals surface area contributed by atoms with Crippen molar-refractivity contribution in [3.8, 4) is 0 Å². The number of carbonyl (C=O) groups excluding carboxylic acids is 1. The monoisotopic (exact) mass is 309 g/mol. The minimum atomic E-state index is -1.03. The van der Waals surface area contributed by atoms with E-state index in [1.165, 1.54) is 18.3 Å². The van der Waals surface area contributed by atoms with E-state index in [4.69, 9.17) is 11.6 Å². The molecule has 1 atom stereocenters. The fraction of sp³-hybridized carbons (Fsp3) is 0.143. The summed E-state index contributed by atoms with van der Waals surface area (Å²) in [5.41, 5.74) is 0.862. The maximum Gasteiger partial charge on any atom is 0.319 e. The molecule has 1 aromatic heterocycles. The minimum Gasteiger partial charge on any atom is -0.387 e. The first-order valence-corrected chi connectivity index (χ1v) is 6.52. The van der Waals surface area contributed by atoms with Crippen LogP contribution in [0.1, 0.15) is 11.7 Å². The van der Waals surface area contributed by atoms with Crippen molar-refractivity contribution >= 4 is 23.3 Å². The second kappa shape index (κ2) is 7.01. The Morgan fingerprint density at radius 1 is 1.43 bits per heavy atom. The molecule has 21 heavy (non-hydrogen) atoms. The Bertz CT molecular complexity index is 625. The summed E-state index contributed by atoms with van der Waals surface area (Å²) in [4.78, 5) is 15.5. The number of rotatable bonds is 4. The average Bonchev–Trinajstić information content (AvgIpc) is 2.48. The van der Waals surface area contributed by atoms with Gasteiger partial charge in [-0.25, -0.2) is 9.18 Å². The van der Waals surface area contributed by atoms with Crippen molar-refractivity contribution in [1.29, 1.82) is 0 Å². The number of hydrogen-bond donors (Lipinski definition) is 3. The quantitative estimate of drug-likeness (QED) is 0.813. The fourth-order valence-electron chi connectivity index (χ4n) is 1.64. The lowest BCUT2D eigenvalue weighted by Crippen LogP contribution is -2.32. The SMILES string of the molecule is O=C(NC[C@H](O)c1ccc(Cl)c(F)c1)Nc1cccnc1. The van der Waals surface area contributed by atoms with Gasteiger partial charge in [-0.2, -0.15) is 0 Å². The largest absolute Gasteiger partial charge is 0.387 e. The summed E-state index contributed by atoms with van der Waals surface area (Å²) in [6.45, 7) is -0.0623. The van der Waals surface area contributed by atoms with E-state index in [1.807, 2.05) is 0 Å². The Balaban J connectivity index is 1.87. The third-order valence-corrected chi connectivity index (χ3v) is 3.01. The van der Waals surface area contributed by atoms with Crippen LogP contribution in [0.3, 0.4) is 0 Å². The van der Waals surface area contributed by atoms with Crippen LogP contribution in [-0.4, -0.2) is 22.7 Å². The molecule has 1 aromatic carbocycles. The summed E-state index contributed by atoms with van der Waals surface area (Å²) in [6, 6.07) is 6.85. The minimum absolute atomic E-state index is 0.0202. The molecule has 5 nitrogen and oxygen atoms in total. The molecule has 3 N–H and O–H groups in total. The van der Waals surface area contributed by atoms with Crippen LogP contribution < -0.4 is 10.6 Å². The number of amides is 2. The Labute approximate surface area is 125 Å². The number of halogens is 2. The number of pyridine rings is 1. The van der Waals surface area contributed by atoms with E-state index in [-0.39, 0.29) is 11.6 Å². The van der Waals surface area contributed by atoms with E-state index in [2.05, 4.69) is 15.6 Å². The lowest BCUT2D eigenvalue weighted by atomic mass is 10.1. The zero-order valence-electron chi connectivity index (χ0n) is 10.9. The highest BCUT2D eigenvalue weighted by Gasteiger charge is 2.11. The van der Waals surface area contributed by atoms with Gasteiger partial charge in [0, 0.05) is 12.7 Å². The van der Waals surface area contributed by atoms with Crippen molar-refractivity contribution in [2.75, 3.05) is 11.9 Å². The molecule has 7 heteroatoms. The summed E-state index contributed by atoms with van der Waals surface area (Å²) >= 11 is 5.56. The van der Waals surface area contributed by atoms with Gasteiger partial charge in [0.25, 0.3) is 0 Å². The number of hydrogen-bond acceptors (Lipinski definition) is 3. The van der Waals surface area contributed by atoms with Gasteiger partial charge in [0.2, 0.25) is 0 Å². The summed E-state index contributed by atoms with van der Waals surface area (Å²) in [5, 5.41) is 14.9. The molecule has 1 heterocycles. The molecule has 0 aliphatic rings. The van der Waals surface area contributed by atoms with Gasteiger partial charge in [0.15, 0.2) is 0 Å². The van der Waals surface area contributed by atoms with E-state index >= 15 is 0 Å². The van der Waals surface area contributed by atoms with Crippen molar-refractivity contribution in [1.82, 2.24) is 10.3 Å². The zero-order valence-corrected chi connectivity index (χ0v) is 11.6. The van der Waals surface area contributed by atoms with Crippen LogP contribution in [0.15, 0.2) is 42.7 Å². The van der Waals surface area contributed by atoms with Gasteiger partial charge >= 0.3 is 6.03 Å². The number of aromatic nitrogens is 1. The van der Waals surface area contributed by atoms with E-state index in [1.54, 1.807) is 18.3 Å². The number of nitrogens with zero attached hydrogens (tertiary/aromatic N) is 1. The Morgan fingerprint density at radius 3 is 2.90 bits per heavy atom. The topological polar surface area (TPSA) is 74.2 Å². The molecule has 0 radical (unpaired) electrons. The molecule has 110 valence electrons. The second-order valence-corrected chi connectivity index (χ2v) is 4.67. The molecular formula is C14H13ClFN3O2. The van der Waals surface area contributed by atoms with E-state index in [0.717, 1.165) is 6.07 Å². The number of aliphatic hydroxyl groups is 1. The number of benzene rings is 1. The van der Waals surface area contributed by atoms with Crippen molar-refractivity contribution in [3.63, 3.8) is 0 Å². The van der Waals surface area contributed by atoms with Crippen LogP contribution in [-0.2, 0) is 0 Å². The van der Waals surface area contributed by atoms with Crippen molar-refractivity contribution < 1.29 is 14.3 Å². The molecular weight excluding hydrogens is 297 g/mol. The van der Waals surface area contributed by atoms with Crippen molar-refractivity contribution in [3.05, 3.63) is 59.1 Å². The lowest BCUT2D eigenvalue weighted by molar-refractivity contribution is 0.174. The number of carbonyl (C=O) groups is 1. The Kier molecular flexibility index (Phi) is 5.08. The molecule has 0 aliphatic heterocycles. The maximum atomic E-state index is 13.3. The van der Waals surface area contributed by atoms with Crippen LogP contribution in [0.2, 0.25) is 5.02 Å². The first-order valence-electron chi connectivity index (χ1n) is 6.14. The first-order chi connectivity index (χ1) is 10.1. The van der Waals surface area contributed by atoms with Crippen LogP contribution in [0, 0.1) is 5.82 Å². The normalized spacial score (nSPS) is 11.8. The number of nitrogens with one attached hydrogen (secondary N) is 2. The van der Waals surface area contributed by atoms with E-state index in [0.29, 0.717) is 11.3 Å². The molecule has 0 saturated carbocycles. The van der Waals surface area contributed by atoms with E-state index < -0.39 is 18.0 Å². The number of aliphatic hydroxyl groups excluding tert-OH is 1. The highest BCUT2D eigenvalue weighted by Crippen LogP contribution is 2.19. The molecule has 0 aliphatic carbocycles. The molecule has 0 unspecified atom stereocenters. The van der Waals surface area contributed by atoms with Crippen LogP contribution in [0.25, 0.3) is 0 Å². The molecule has 2 amide bonds. The van der Waals surface area contributed by atoms with Gasteiger partial charge in [0.1, 0.15) is 5.82 Å². The van der Waals surface area contributed by atoms with Crippen LogP contribution >= 0.6 is 11.6 Å². The van der Waals surface area contributed by atoms with Gasteiger partial charge in [-0.1, -0.05) is 17.7 Å². The van der Waals surface area contributed by atoms with Gasteiger partial charge in [0.05, 0.1) is 23.0 Å². The number of urea groups is 1. The Morgan fingerprint density at radius 2 is 2.24 bits per heavy atom. The standard InChI is InChI=1S/C14H13ClFN3O2/c15-11-4-3-9(6-12(11)16)13(20)8-18-14(21)19-10-2-1-5-17-7-10/h1-7,13,20H,8H2,(H2,18,19,21)/t13-/m0/s1. The summed E-state index contributed by atoms with van der Waals surface area (Å²) in [6.07, 6.45) is 2.04. The zero-order chi connectivity index (χ0) is 15.2. The summed E-state index contributed by atoms with van der Waals surface area (Å²) < 4.78 is 13.3. The average molecular weight is 310 g/mol. The fourth-order valence-corrected chi connectivity index (χ4v) is 1.76. The molecule has 0 saturated heterocycles. The first kappa shape index (κ1) is 15.2. The van der Waals surface area contributed by atoms with Gasteiger partial charge in [-0.05, 0) is 29.8 Å². The number of anilines is 1. The highest BCUT2D eigenvalue weighted by atomic mass is 35.5. The highest BCUT2D eigenvalue weighted by molar-refractivity contribution is 6.30. The molecule has 0 fully saturated rings. The van der Waals surface area contributed by atoms with Crippen molar-refractivity contribution in [2.24, 2.45) is 0 Å². The summed E-state index contributed by atoms with van der Waals surface area (Å²) in [7, 11) is 0. The van der Waals surface area contributed by atoms with Crippen molar-refractivity contribution in [2.45, 2.75) is 6.10 Å². The van der Waals surface area contributed by atoms with E-state index in [9.17, 15) is 14.3 Å². The third-order valence-electron chi connectivity index (χ3n) is 2.70. The third kappa shape index (κ3) is 4.40. The smallest absolute Gasteiger partial charge is 0.319 e. The maximum absolute atomic E-state index is 13.3. The van der Waals surface area contributed by atoms with Gasteiger partial charge in [-0.3, -0.25) is 4.98 Å². The van der Waals surface area contributed by atoms with Crippen LogP contribution in [0.4, 0.5) is 14.9 Å². The molecule has 2 rings (SSSR count). The van der Waals surface area contributed by atoms with Crippen LogP contribution in [0.5, 0.6) is 0 Å². The molecule has 2 aromatic rings. The Hall–Kier alpha value is -2.18. The second-order valence-electron chi connectivity index (χ2n) is 4.27. The van der Waals surface area contributed by atoms with Gasteiger partial charge < -0.3 is 15.7 Å². The van der Waals surface area contributed by atoms with Gasteiger partial charge in [-0.15, -0.1) is 0 Å². The predicted octanol–water partition coefficient (Wildman–Crippen LogP) is 2.73. The lowest BCUT2D eigenvalue weighted by Gasteiger charge is -2.13. The predicted molar refractivity (Wildman–Crippen MR) is 77.6 cm³/mol. The summed E-state index contributed by atoms with van der Waals surface area (Å²) in [5.74, 6) is -0.618.